The van der Waals surface area contributed by atoms with Crippen molar-refractivity contribution in [1.29, 1.82) is 0 Å². The Labute approximate surface area is 166 Å². The van der Waals surface area contributed by atoms with Gasteiger partial charge in [0.1, 0.15) is 12.4 Å². The van der Waals surface area contributed by atoms with Crippen molar-refractivity contribution in [3.63, 3.8) is 0 Å². The van der Waals surface area contributed by atoms with Gasteiger partial charge in [0.15, 0.2) is 0 Å². The molecule has 0 aliphatic carbocycles. The van der Waals surface area contributed by atoms with Gasteiger partial charge in [0, 0.05) is 11.5 Å². The number of thiazole rings is 1. The maximum atomic E-state index is 12.2. The lowest BCUT2D eigenvalue weighted by atomic mass is 10.1. The number of carbonyl (C=O) groups excluding carboxylic acids is 2. The number of nitrogens with zero attached hydrogens (tertiary/aromatic N) is 1. The van der Waals surface area contributed by atoms with Crippen LogP contribution in [0.3, 0.4) is 0 Å². The van der Waals surface area contributed by atoms with E-state index in [-0.39, 0.29) is 11.5 Å². The molecule has 2 aromatic carbocycles. The van der Waals surface area contributed by atoms with E-state index in [2.05, 4.69) is 10.3 Å². The predicted molar refractivity (Wildman–Crippen MR) is 110 cm³/mol. The molecule has 7 heteroatoms. The Morgan fingerprint density at radius 2 is 2.04 bits per heavy atom. The minimum absolute atomic E-state index is 0.261. The van der Waals surface area contributed by atoms with Crippen LogP contribution < -0.4 is 15.8 Å². The lowest BCUT2D eigenvalue weighted by Crippen LogP contribution is -2.16. The van der Waals surface area contributed by atoms with E-state index >= 15 is 0 Å². The summed E-state index contributed by atoms with van der Waals surface area (Å²) in [4.78, 5) is 28.0. The van der Waals surface area contributed by atoms with Crippen LogP contribution in [0.25, 0.3) is 6.08 Å². The first kappa shape index (κ1) is 19.3. The zero-order valence-electron chi connectivity index (χ0n) is 15.2. The molecule has 3 N–H and O–H groups in total. The molecule has 0 saturated carbocycles. The molecule has 3 rings (SSSR count). The molecule has 0 aliphatic heterocycles. The van der Waals surface area contributed by atoms with E-state index in [4.69, 9.17) is 10.5 Å². The van der Waals surface area contributed by atoms with E-state index in [9.17, 15) is 9.59 Å². The van der Waals surface area contributed by atoms with Crippen LogP contribution >= 0.6 is 11.3 Å². The molecule has 28 heavy (non-hydrogen) atoms. The molecule has 1 heterocycles. The number of para-hydroxylation sites is 1. The molecule has 6 nitrogen and oxygen atoms in total. The largest absolute Gasteiger partial charge is 0.487 e. The molecule has 0 bridgehead atoms. The molecule has 0 saturated heterocycles. The SMILES string of the molecule is Cc1nc(COc2cccc(/C=C/C(=O)Nc3ccccc3C(N)=O)c2)cs1. The number of ether oxygens (including phenoxy) is 1. The van der Waals surface area contributed by atoms with Gasteiger partial charge in [0.05, 0.1) is 22.0 Å². The highest BCUT2D eigenvalue weighted by Crippen LogP contribution is 2.18. The number of aromatic nitrogens is 1. The fourth-order valence-corrected chi connectivity index (χ4v) is 3.09. The van der Waals surface area contributed by atoms with Crippen molar-refractivity contribution in [2.75, 3.05) is 5.32 Å². The Balaban J connectivity index is 1.62. The summed E-state index contributed by atoms with van der Waals surface area (Å²) in [5.41, 5.74) is 7.65. The number of amides is 2. The van der Waals surface area contributed by atoms with Crippen molar-refractivity contribution in [3.8, 4) is 5.75 Å². The van der Waals surface area contributed by atoms with Crippen LogP contribution in [0.5, 0.6) is 5.75 Å². The van der Waals surface area contributed by atoms with Crippen LogP contribution in [0.2, 0.25) is 0 Å². The summed E-state index contributed by atoms with van der Waals surface area (Å²) in [7, 11) is 0. The third kappa shape index (κ3) is 5.28. The van der Waals surface area contributed by atoms with Crippen LogP contribution in [0.4, 0.5) is 5.69 Å². The molecular weight excluding hydrogens is 374 g/mol. The zero-order chi connectivity index (χ0) is 19.9. The molecular formula is C21H19N3O3S. The predicted octanol–water partition coefficient (Wildman–Crippen LogP) is 3.78. The van der Waals surface area contributed by atoms with Crippen molar-refractivity contribution in [2.24, 2.45) is 5.73 Å². The number of primary amides is 1. The third-order valence-electron chi connectivity index (χ3n) is 3.79. The van der Waals surface area contributed by atoms with Crippen molar-refractivity contribution < 1.29 is 14.3 Å². The van der Waals surface area contributed by atoms with E-state index in [0.717, 1.165) is 16.3 Å². The van der Waals surface area contributed by atoms with Gasteiger partial charge < -0.3 is 15.8 Å². The number of rotatable bonds is 7. The Bertz CT molecular complexity index is 1030. The number of aryl methyl sites for hydroxylation is 1. The summed E-state index contributed by atoms with van der Waals surface area (Å²) >= 11 is 1.58. The number of benzene rings is 2. The van der Waals surface area contributed by atoms with E-state index in [0.29, 0.717) is 18.0 Å². The topological polar surface area (TPSA) is 94.3 Å². The molecule has 3 aromatic rings. The number of hydrogen-bond donors (Lipinski definition) is 2. The number of anilines is 1. The van der Waals surface area contributed by atoms with Crippen molar-refractivity contribution >= 4 is 34.9 Å². The molecule has 0 spiro atoms. The van der Waals surface area contributed by atoms with Crippen molar-refractivity contribution in [2.45, 2.75) is 13.5 Å². The summed E-state index contributed by atoms with van der Waals surface area (Å²) in [5.74, 6) is -0.273. The minimum atomic E-state index is -0.597. The lowest BCUT2D eigenvalue weighted by molar-refractivity contribution is -0.111. The van der Waals surface area contributed by atoms with E-state index < -0.39 is 5.91 Å². The number of nitrogens with one attached hydrogen (secondary N) is 1. The molecule has 2 amide bonds. The Hall–Kier alpha value is -3.45. The molecule has 142 valence electrons. The standard InChI is InChI=1S/C21H19N3O3S/c1-14-23-16(13-28-14)12-27-17-6-4-5-15(11-17)9-10-20(25)24-19-8-3-2-7-18(19)21(22)26/h2-11,13H,12H2,1H3,(H2,22,26)(H,24,25)/b10-9+. The van der Waals surface area contributed by atoms with Crippen LogP contribution in [0.1, 0.15) is 26.6 Å². The average molecular weight is 393 g/mol. The monoisotopic (exact) mass is 393 g/mol. The highest BCUT2D eigenvalue weighted by atomic mass is 32.1. The number of carbonyl (C=O) groups is 2. The summed E-state index contributed by atoms with van der Waals surface area (Å²) in [5, 5.41) is 5.63. The maximum Gasteiger partial charge on any atom is 0.250 e. The van der Waals surface area contributed by atoms with Gasteiger partial charge in [-0.3, -0.25) is 9.59 Å². The number of nitrogens with two attached hydrogens (primary N) is 1. The van der Waals surface area contributed by atoms with Crippen LogP contribution in [0, 0.1) is 6.92 Å². The highest BCUT2D eigenvalue weighted by molar-refractivity contribution is 7.09. The summed E-state index contributed by atoms with van der Waals surface area (Å²) in [6, 6.07) is 14.0. The third-order valence-corrected chi connectivity index (χ3v) is 4.61. The van der Waals surface area contributed by atoms with Crippen molar-refractivity contribution in [1.82, 2.24) is 4.98 Å². The molecule has 1 aromatic heterocycles. The molecule has 0 radical (unpaired) electrons. The van der Waals surface area contributed by atoms with Gasteiger partial charge in [0.25, 0.3) is 5.91 Å². The molecule has 0 atom stereocenters. The van der Waals surface area contributed by atoms with E-state index in [1.54, 1.807) is 41.7 Å². The van der Waals surface area contributed by atoms with Gasteiger partial charge in [-0.15, -0.1) is 11.3 Å². The van der Waals surface area contributed by atoms with Crippen LogP contribution in [-0.4, -0.2) is 16.8 Å². The number of hydrogen-bond acceptors (Lipinski definition) is 5. The van der Waals surface area contributed by atoms with Gasteiger partial charge in [-0.1, -0.05) is 24.3 Å². The van der Waals surface area contributed by atoms with Crippen LogP contribution in [0.15, 0.2) is 60.0 Å². The van der Waals surface area contributed by atoms with Gasteiger partial charge in [-0.2, -0.15) is 0 Å². The smallest absolute Gasteiger partial charge is 0.250 e. The van der Waals surface area contributed by atoms with E-state index in [1.807, 2.05) is 36.6 Å². The Kier molecular flexibility index (Phi) is 6.18. The fourth-order valence-electron chi connectivity index (χ4n) is 2.49. The second-order valence-electron chi connectivity index (χ2n) is 5.95. The summed E-state index contributed by atoms with van der Waals surface area (Å²) in [6.07, 6.45) is 3.06. The quantitative estimate of drug-likeness (QED) is 0.597. The first-order valence-corrected chi connectivity index (χ1v) is 9.41. The molecule has 0 unspecified atom stereocenters. The van der Waals surface area contributed by atoms with Crippen molar-refractivity contribution in [3.05, 3.63) is 81.8 Å². The molecule has 0 fully saturated rings. The normalized spacial score (nSPS) is 10.8. The lowest BCUT2D eigenvalue weighted by Gasteiger charge is -2.07. The fraction of sp³-hybridized carbons (Fsp3) is 0.0952. The first-order chi connectivity index (χ1) is 13.5. The van der Waals surface area contributed by atoms with Gasteiger partial charge in [-0.25, -0.2) is 4.98 Å². The Morgan fingerprint density at radius 3 is 2.79 bits per heavy atom. The van der Waals surface area contributed by atoms with Gasteiger partial charge in [-0.05, 0) is 42.8 Å². The average Bonchev–Trinajstić information content (AvgIpc) is 3.11. The van der Waals surface area contributed by atoms with E-state index in [1.165, 1.54) is 6.08 Å². The minimum Gasteiger partial charge on any atom is -0.487 e. The second kappa shape index (κ2) is 8.96. The maximum absolute atomic E-state index is 12.2. The highest BCUT2D eigenvalue weighted by Gasteiger charge is 2.08. The van der Waals surface area contributed by atoms with Gasteiger partial charge >= 0.3 is 0 Å². The second-order valence-corrected chi connectivity index (χ2v) is 7.01. The first-order valence-electron chi connectivity index (χ1n) is 8.53. The Morgan fingerprint density at radius 1 is 1.21 bits per heavy atom. The molecule has 0 aliphatic rings. The van der Waals surface area contributed by atoms with Gasteiger partial charge in [0.2, 0.25) is 5.91 Å². The van der Waals surface area contributed by atoms with Crippen LogP contribution in [-0.2, 0) is 11.4 Å². The summed E-state index contributed by atoms with van der Waals surface area (Å²) < 4.78 is 5.75. The summed E-state index contributed by atoms with van der Waals surface area (Å²) in [6.45, 7) is 2.34. The zero-order valence-corrected chi connectivity index (χ0v) is 16.0.